The minimum atomic E-state index is -1.22. The predicted octanol–water partition coefficient (Wildman–Crippen LogP) is 3.44. The molecule has 2 atom stereocenters. The number of hydrogen-bond acceptors (Lipinski definition) is 5. The summed E-state index contributed by atoms with van der Waals surface area (Å²) in [6.45, 7) is 1.57. The van der Waals surface area contributed by atoms with Gasteiger partial charge in [0, 0.05) is 36.0 Å². The molecule has 1 aliphatic rings. The maximum absolute atomic E-state index is 13.1. The first-order valence-corrected chi connectivity index (χ1v) is 11.0. The smallest absolute Gasteiger partial charge is 0.252 e. The molecule has 2 N–H and O–H groups in total. The number of carbonyl (C=O) groups excluding carboxylic acids is 1. The van der Waals surface area contributed by atoms with E-state index in [-0.39, 0.29) is 19.1 Å². The third kappa shape index (κ3) is 5.43. The van der Waals surface area contributed by atoms with Crippen LogP contribution < -0.4 is 10.1 Å². The number of nitrogens with one attached hydrogen (secondary N) is 1. The summed E-state index contributed by atoms with van der Waals surface area (Å²) < 4.78 is 25.2. The second-order valence-electron chi connectivity index (χ2n) is 7.26. The number of carbonyl (C=O) groups is 1. The summed E-state index contributed by atoms with van der Waals surface area (Å²) in [7, 11) is 0. The van der Waals surface area contributed by atoms with Crippen molar-refractivity contribution in [1.82, 2.24) is 5.32 Å². The van der Waals surface area contributed by atoms with Crippen LogP contribution in [0.4, 0.5) is 4.39 Å². The van der Waals surface area contributed by atoms with E-state index in [0.29, 0.717) is 36.7 Å². The van der Waals surface area contributed by atoms with Gasteiger partial charge in [0.2, 0.25) is 5.90 Å². The summed E-state index contributed by atoms with van der Waals surface area (Å²) in [6.07, 6.45) is 0.315. The molecule has 0 saturated carbocycles. The first kappa shape index (κ1) is 23.2. The van der Waals surface area contributed by atoms with E-state index in [1.54, 1.807) is 19.1 Å². The highest BCUT2D eigenvalue weighted by Crippen LogP contribution is 2.34. The van der Waals surface area contributed by atoms with Crippen molar-refractivity contribution in [3.63, 3.8) is 0 Å². The molecule has 0 unspecified atom stereocenters. The largest absolute Gasteiger partial charge is 0.494 e. The molecular formula is C23H26BrFN2O4. The summed E-state index contributed by atoms with van der Waals surface area (Å²) in [4.78, 5) is 17.8. The highest BCUT2D eigenvalue weighted by molar-refractivity contribution is 9.10. The minimum absolute atomic E-state index is 0.0741. The summed E-state index contributed by atoms with van der Waals surface area (Å²) in [5, 5.41) is 11.5. The SMILES string of the molecule is C[C@H]1OC(c2ccc(OCCCO)cc2)=N[C@@]1(Cc1ccccc1Br)C(=O)NCCF. The van der Waals surface area contributed by atoms with Crippen molar-refractivity contribution < 1.29 is 23.8 Å². The molecule has 0 fully saturated rings. The summed E-state index contributed by atoms with van der Waals surface area (Å²) in [5.41, 5.74) is 0.407. The molecule has 166 valence electrons. The van der Waals surface area contributed by atoms with E-state index in [0.717, 1.165) is 10.0 Å². The van der Waals surface area contributed by atoms with Crippen molar-refractivity contribution in [3.05, 3.63) is 64.1 Å². The maximum atomic E-state index is 13.1. The molecule has 2 aromatic carbocycles. The third-order valence-electron chi connectivity index (χ3n) is 5.13. The molecule has 1 heterocycles. The zero-order chi connectivity index (χ0) is 22.3. The lowest BCUT2D eigenvalue weighted by Crippen LogP contribution is -2.53. The molecule has 0 radical (unpaired) electrons. The molecule has 0 saturated heterocycles. The summed E-state index contributed by atoms with van der Waals surface area (Å²) in [6, 6.07) is 14.8. The van der Waals surface area contributed by atoms with Gasteiger partial charge in [0.05, 0.1) is 6.61 Å². The van der Waals surface area contributed by atoms with E-state index in [4.69, 9.17) is 19.6 Å². The minimum Gasteiger partial charge on any atom is -0.494 e. The maximum Gasteiger partial charge on any atom is 0.252 e. The average molecular weight is 493 g/mol. The Morgan fingerprint density at radius 2 is 2.03 bits per heavy atom. The number of aliphatic hydroxyl groups excluding tert-OH is 1. The van der Waals surface area contributed by atoms with Crippen LogP contribution >= 0.6 is 15.9 Å². The summed E-state index contributed by atoms with van der Waals surface area (Å²) >= 11 is 3.53. The number of alkyl halides is 1. The van der Waals surface area contributed by atoms with Gasteiger partial charge in [0.25, 0.3) is 5.91 Å². The Balaban J connectivity index is 1.89. The van der Waals surface area contributed by atoms with Crippen molar-refractivity contribution in [3.8, 4) is 5.75 Å². The first-order chi connectivity index (χ1) is 15.0. The highest BCUT2D eigenvalue weighted by atomic mass is 79.9. The fraction of sp³-hybridized carbons (Fsp3) is 0.391. The molecule has 0 bridgehead atoms. The standard InChI is InChI=1S/C23H26BrFN2O4/c1-16-23(22(29)26-12-11-25,15-18-5-2-3-6-20(18)24)27-21(31-16)17-7-9-19(10-8-17)30-14-4-13-28/h2-3,5-10,16,28H,4,11-15H2,1H3,(H,26,29)/t16-,23-/m1/s1. The Bertz CT molecular complexity index is 922. The molecule has 0 aliphatic carbocycles. The molecule has 3 rings (SSSR count). The molecule has 0 aromatic heterocycles. The fourth-order valence-electron chi connectivity index (χ4n) is 3.39. The predicted molar refractivity (Wildman–Crippen MR) is 120 cm³/mol. The normalized spacial score (nSPS) is 20.1. The highest BCUT2D eigenvalue weighted by Gasteiger charge is 2.50. The lowest BCUT2D eigenvalue weighted by atomic mass is 9.86. The average Bonchev–Trinajstić information content (AvgIpc) is 3.11. The van der Waals surface area contributed by atoms with E-state index >= 15 is 0 Å². The van der Waals surface area contributed by atoms with Gasteiger partial charge in [-0.05, 0) is 42.8 Å². The second-order valence-corrected chi connectivity index (χ2v) is 8.12. The summed E-state index contributed by atoms with van der Waals surface area (Å²) in [5.74, 6) is 0.660. The quantitative estimate of drug-likeness (QED) is 0.497. The fourth-order valence-corrected chi connectivity index (χ4v) is 3.81. The second kappa shape index (κ2) is 10.7. The van der Waals surface area contributed by atoms with Crippen LogP contribution in [0, 0.1) is 0 Å². The number of benzene rings is 2. The zero-order valence-electron chi connectivity index (χ0n) is 17.3. The van der Waals surface area contributed by atoms with Gasteiger partial charge in [-0.2, -0.15) is 0 Å². The molecule has 2 aromatic rings. The Morgan fingerprint density at radius 1 is 1.29 bits per heavy atom. The van der Waals surface area contributed by atoms with Gasteiger partial charge in [-0.1, -0.05) is 34.1 Å². The van der Waals surface area contributed by atoms with E-state index in [1.807, 2.05) is 36.4 Å². The number of amides is 1. The van der Waals surface area contributed by atoms with Gasteiger partial charge >= 0.3 is 0 Å². The van der Waals surface area contributed by atoms with Gasteiger partial charge in [-0.3, -0.25) is 4.79 Å². The lowest BCUT2D eigenvalue weighted by molar-refractivity contribution is -0.128. The van der Waals surface area contributed by atoms with Crippen LogP contribution in [0.15, 0.2) is 58.0 Å². The van der Waals surface area contributed by atoms with Gasteiger partial charge in [0.1, 0.15) is 18.5 Å². The Hall–Kier alpha value is -2.45. The number of ether oxygens (including phenoxy) is 2. The molecule has 6 nitrogen and oxygen atoms in total. The molecule has 1 aliphatic heterocycles. The molecule has 1 amide bonds. The van der Waals surface area contributed by atoms with Crippen molar-refractivity contribution in [2.45, 2.75) is 31.4 Å². The number of hydrogen-bond donors (Lipinski definition) is 2. The molecule has 8 heteroatoms. The van der Waals surface area contributed by atoms with Crippen molar-refractivity contribution >= 4 is 27.7 Å². The number of nitrogens with zero attached hydrogens (tertiary/aromatic N) is 1. The topological polar surface area (TPSA) is 80.2 Å². The Kier molecular flexibility index (Phi) is 8.03. The first-order valence-electron chi connectivity index (χ1n) is 10.2. The third-order valence-corrected chi connectivity index (χ3v) is 5.90. The van der Waals surface area contributed by atoms with Gasteiger partial charge in [-0.25, -0.2) is 9.38 Å². The van der Waals surface area contributed by atoms with Crippen LogP contribution in [0.1, 0.15) is 24.5 Å². The van der Waals surface area contributed by atoms with Crippen molar-refractivity contribution in [1.29, 1.82) is 0 Å². The Morgan fingerprint density at radius 3 is 2.71 bits per heavy atom. The number of rotatable bonds is 10. The van der Waals surface area contributed by atoms with E-state index < -0.39 is 18.3 Å². The Labute approximate surface area is 189 Å². The zero-order valence-corrected chi connectivity index (χ0v) is 18.9. The number of aliphatic imine (C=N–C) groups is 1. The van der Waals surface area contributed by atoms with Crippen LogP contribution in [0.25, 0.3) is 0 Å². The number of aliphatic hydroxyl groups is 1. The van der Waals surface area contributed by atoms with Gasteiger partial charge < -0.3 is 19.9 Å². The van der Waals surface area contributed by atoms with Crippen LogP contribution in [0.3, 0.4) is 0 Å². The molecule has 31 heavy (non-hydrogen) atoms. The van der Waals surface area contributed by atoms with Crippen LogP contribution in [-0.2, 0) is 16.0 Å². The van der Waals surface area contributed by atoms with Gasteiger partial charge in [0.15, 0.2) is 5.54 Å². The van der Waals surface area contributed by atoms with Crippen LogP contribution in [0.5, 0.6) is 5.75 Å². The lowest BCUT2D eigenvalue weighted by Gasteiger charge is -2.28. The molecule has 0 spiro atoms. The van der Waals surface area contributed by atoms with Crippen LogP contribution in [-0.4, -0.2) is 55.0 Å². The van der Waals surface area contributed by atoms with Crippen molar-refractivity contribution in [2.75, 3.05) is 26.4 Å². The van der Waals surface area contributed by atoms with E-state index in [2.05, 4.69) is 21.2 Å². The number of halogens is 2. The van der Waals surface area contributed by atoms with Crippen LogP contribution in [0.2, 0.25) is 0 Å². The molecular weight excluding hydrogens is 467 g/mol. The van der Waals surface area contributed by atoms with E-state index in [1.165, 1.54) is 0 Å². The van der Waals surface area contributed by atoms with E-state index in [9.17, 15) is 9.18 Å². The van der Waals surface area contributed by atoms with Crippen molar-refractivity contribution in [2.24, 2.45) is 4.99 Å². The monoisotopic (exact) mass is 492 g/mol. The van der Waals surface area contributed by atoms with Gasteiger partial charge in [-0.15, -0.1) is 0 Å².